The SMILES string of the molecule is CB(O)NCCc1ccc(C)c(C)c1.CB(O)NCCc1ccc(O)c(O)c1.CB(O)NCCc1ccc(O)c(O)c1.CCCc1ccc(O)c(O)c1.CCOP(=O)(OCC)c1ccc(CCN)cc1P(=O)(OCC)OCC.CCOP(=O)(OCC)c1ccc(CCNB(C)O)cc1P(=O)(OCC)OCC. The van der Waals surface area contributed by atoms with E-state index < -0.39 is 58.6 Å². The summed E-state index contributed by atoms with van der Waals surface area (Å²) in [6.07, 6.45) is 5.48. The van der Waals surface area contributed by atoms with Crippen molar-refractivity contribution in [2.75, 3.05) is 85.6 Å². The van der Waals surface area contributed by atoms with Gasteiger partial charge in [0.2, 0.25) is 0 Å². The number of phenolic OH excluding ortho intramolecular Hbond substituents is 6. The van der Waals surface area contributed by atoms with Crippen molar-refractivity contribution in [3.8, 4) is 34.5 Å². The van der Waals surface area contributed by atoms with Crippen molar-refractivity contribution in [3.05, 3.63) is 154 Å². The van der Waals surface area contributed by atoms with Gasteiger partial charge in [-0.2, -0.15) is 0 Å². The van der Waals surface area contributed by atoms with Crippen molar-refractivity contribution in [1.82, 2.24) is 20.9 Å². The number of hydrogen-bond acceptors (Lipinski definition) is 27. The first-order valence-corrected chi connectivity index (χ1v) is 42.1. The fourth-order valence-electron chi connectivity index (χ4n) is 9.71. The third-order valence-electron chi connectivity index (χ3n) is 14.7. The minimum absolute atomic E-state index is 0.0315. The van der Waals surface area contributed by atoms with Crippen LogP contribution in [-0.2, 0) is 93.0 Å². The fourth-order valence-corrected chi connectivity index (χ4v) is 17.9. The smallest absolute Gasteiger partial charge is 0.373 e. The van der Waals surface area contributed by atoms with E-state index in [2.05, 4.69) is 59.9 Å². The lowest BCUT2D eigenvalue weighted by Crippen LogP contribution is -2.33. The maximum atomic E-state index is 13.5. The number of aryl methyl sites for hydroxylation is 3. The molecule has 0 radical (unpaired) electrons. The van der Waals surface area contributed by atoms with Gasteiger partial charge in [0, 0.05) is 0 Å². The zero-order chi connectivity index (χ0) is 80.1. The Labute approximate surface area is 630 Å². The second-order valence-electron chi connectivity index (χ2n) is 23.7. The highest BCUT2D eigenvalue weighted by atomic mass is 31.2. The van der Waals surface area contributed by atoms with E-state index >= 15 is 0 Å². The molecule has 35 heteroatoms. The number of nitrogens with two attached hydrogens (primary N) is 1. The molecule has 106 heavy (non-hydrogen) atoms. The normalized spacial score (nSPS) is 11.3. The van der Waals surface area contributed by atoms with Crippen molar-refractivity contribution >= 4 is 79.8 Å². The Morgan fingerprint density at radius 3 is 0.792 bits per heavy atom. The molecular weight excluding hydrogens is 1440 g/mol. The van der Waals surface area contributed by atoms with Gasteiger partial charge in [-0.3, -0.25) is 18.3 Å². The first-order valence-electron chi connectivity index (χ1n) is 36.0. The standard InChI is InChI=1S/C17H32BNO7P2.C16H29NO6P2.C11H18BNO.2C9H14BNO3.C9H12O2/c1-6-23-27(21,24-7-2)16-11-10-15(12-13-19-18(5)20)14-17(16)28(22,25-8-3)26-9-4;1-5-20-24(18,21-6-2)15-10-9-14(11-12-17)13-16(15)25(19,22-7-3)23-8-4;1-9-4-5-11(8-10(9)2)6-7-13-12(3)14;2*1-10(14)11-5-4-7-2-3-8(12)9(13)6-7;1-2-3-7-4-5-8(10)9(11)6-7/h10-11,14,19-20H,6-9,12-13H2,1-5H3;9-10,13H,5-8,11-12,17H2,1-4H3;4-5,8,13-14H,6-7H2,1-3H3;2*2-3,6,11-14H,4-5H2,1H3;4-6,10-11H,2-3H2,1H3. The molecule has 6 aromatic carbocycles. The molecule has 0 unspecified atom stereocenters. The Morgan fingerprint density at radius 2 is 0.547 bits per heavy atom. The number of aromatic hydroxyl groups is 6. The molecule has 0 amide bonds. The average molecular weight is 1560 g/mol. The van der Waals surface area contributed by atoms with Crippen LogP contribution in [0.3, 0.4) is 0 Å². The minimum atomic E-state index is -3.73. The molecular formula is C71H119B4N5O22P4. The van der Waals surface area contributed by atoms with Crippen LogP contribution in [0.15, 0.2) is 109 Å². The quantitative estimate of drug-likeness (QED) is 0.00966. The largest absolute Gasteiger partial charge is 0.504 e. The maximum Gasteiger partial charge on any atom is 0.373 e. The predicted molar refractivity (Wildman–Crippen MR) is 429 cm³/mol. The first kappa shape index (κ1) is 98.6. The summed E-state index contributed by atoms with van der Waals surface area (Å²) in [6.45, 7) is 31.2. The Hall–Kier alpha value is -5.38. The highest BCUT2D eigenvalue weighted by Gasteiger charge is 2.40. The van der Waals surface area contributed by atoms with Gasteiger partial charge in [0.05, 0.1) is 74.1 Å². The summed E-state index contributed by atoms with van der Waals surface area (Å²) in [4.78, 5) is 0. The lowest BCUT2D eigenvalue weighted by molar-refractivity contribution is 0.226. The van der Waals surface area contributed by atoms with Crippen molar-refractivity contribution in [1.29, 1.82) is 0 Å². The van der Waals surface area contributed by atoms with Gasteiger partial charge < -0.3 is 114 Å². The number of phenols is 6. The monoisotopic (exact) mass is 1560 g/mol. The van der Waals surface area contributed by atoms with E-state index in [4.69, 9.17) is 77.4 Å². The van der Waals surface area contributed by atoms with Gasteiger partial charge in [0.25, 0.3) is 0 Å². The van der Waals surface area contributed by atoms with Crippen molar-refractivity contribution in [2.24, 2.45) is 5.73 Å². The lowest BCUT2D eigenvalue weighted by atomic mass is 9.88. The summed E-state index contributed by atoms with van der Waals surface area (Å²) in [7, 11) is -16.9. The number of benzene rings is 6. The maximum absolute atomic E-state index is 13.5. The van der Waals surface area contributed by atoms with Crippen LogP contribution in [0.2, 0.25) is 27.3 Å². The molecule has 0 spiro atoms. The second kappa shape index (κ2) is 53.5. The summed E-state index contributed by atoms with van der Waals surface area (Å²) < 4.78 is 97.1. The van der Waals surface area contributed by atoms with Gasteiger partial charge in [-0.15, -0.1) is 0 Å². The molecule has 6 rings (SSSR count). The summed E-state index contributed by atoms with van der Waals surface area (Å²) >= 11 is 0. The van der Waals surface area contributed by atoms with E-state index in [1.54, 1.807) is 137 Å². The molecule has 0 aliphatic rings. The van der Waals surface area contributed by atoms with Gasteiger partial charge in [-0.25, -0.2) is 0 Å². The molecule has 0 atom stereocenters. The van der Waals surface area contributed by atoms with Crippen molar-refractivity contribution in [3.63, 3.8) is 0 Å². The van der Waals surface area contributed by atoms with Gasteiger partial charge in [-0.1, -0.05) is 61.9 Å². The van der Waals surface area contributed by atoms with E-state index in [9.17, 15) is 33.5 Å². The van der Waals surface area contributed by atoms with Gasteiger partial charge in [0.1, 0.15) is 0 Å². The minimum Gasteiger partial charge on any atom is -0.504 e. The molecule has 592 valence electrons. The summed E-state index contributed by atoms with van der Waals surface area (Å²) in [5, 5.41) is 103. The van der Waals surface area contributed by atoms with Crippen molar-refractivity contribution < 1.29 is 105 Å². The third-order valence-corrected chi connectivity index (χ3v) is 23.7. The molecule has 0 saturated heterocycles. The van der Waals surface area contributed by atoms with E-state index in [1.165, 1.54) is 47.0 Å². The highest BCUT2D eigenvalue weighted by Crippen LogP contribution is 2.54. The molecule has 0 saturated carbocycles. The lowest BCUT2D eigenvalue weighted by Gasteiger charge is -2.24. The van der Waals surface area contributed by atoms with Crippen molar-refractivity contribution in [2.45, 2.75) is 148 Å². The van der Waals surface area contributed by atoms with Crippen LogP contribution in [0.1, 0.15) is 113 Å². The van der Waals surface area contributed by atoms with Crippen LogP contribution in [-0.4, -0.2) is 165 Å². The molecule has 16 N–H and O–H groups in total. The number of rotatable bonds is 40. The third kappa shape index (κ3) is 37.4. The predicted octanol–water partition coefficient (Wildman–Crippen LogP) is 9.96. The summed E-state index contributed by atoms with van der Waals surface area (Å²) in [5.74, 6) is -0.533. The molecule has 0 aromatic heterocycles. The Bertz CT molecular complexity index is 3480. The molecule has 0 heterocycles. The highest BCUT2D eigenvalue weighted by molar-refractivity contribution is 7.69. The topological polar surface area (TPSA) is 419 Å². The average Bonchev–Trinajstić information content (AvgIpc) is 0.774. The van der Waals surface area contributed by atoms with E-state index in [0.717, 1.165) is 53.6 Å². The van der Waals surface area contributed by atoms with Crippen LogP contribution in [0, 0.1) is 13.8 Å². The molecule has 6 aromatic rings. The van der Waals surface area contributed by atoms with E-state index in [1.807, 2.05) is 6.07 Å². The van der Waals surface area contributed by atoms with E-state index in [-0.39, 0.29) is 109 Å². The second-order valence-corrected chi connectivity index (χ2v) is 31.6. The zero-order valence-corrected chi connectivity index (χ0v) is 68.2. The Balaban J connectivity index is 0.000000657. The molecule has 0 aliphatic heterocycles. The molecule has 0 bridgehead atoms. The van der Waals surface area contributed by atoms with Crippen LogP contribution in [0.4, 0.5) is 0 Å². The van der Waals surface area contributed by atoms with Gasteiger partial charge in [0.15, 0.2) is 34.5 Å². The van der Waals surface area contributed by atoms with Crippen LogP contribution < -0.4 is 47.9 Å². The molecule has 0 fully saturated rings. The van der Waals surface area contributed by atoms with Gasteiger partial charge in [-0.05, 0) is 273 Å². The summed E-state index contributed by atoms with van der Waals surface area (Å²) in [5.41, 5.74) is 14.2. The number of nitrogens with one attached hydrogen (secondary N) is 4. The Morgan fingerprint density at radius 1 is 0.311 bits per heavy atom. The Kier molecular flexibility index (Phi) is 49.7. The van der Waals surface area contributed by atoms with Crippen LogP contribution in [0.25, 0.3) is 0 Å². The first-order chi connectivity index (χ1) is 50.2. The van der Waals surface area contributed by atoms with Crippen LogP contribution in [0.5, 0.6) is 34.5 Å². The molecule has 0 aliphatic carbocycles. The van der Waals surface area contributed by atoms with Crippen LogP contribution >= 0.6 is 30.4 Å². The summed E-state index contributed by atoms with van der Waals surface area (Å²) in [6, 6.07) is 30.9. The number of hydrogen-bond donors (Lipinski definition) is 15. The zero-order valence-electron chi connectivity index (χ0n) is 64.6. The van der Waals surface area contributed by atoms with Gasteiger partial charge >= 0.3 is 58.6 Å². The fraction of sp³-hybridized carbons (Fsp3) is 0.493. The van der Waals surface area contributed by atoms with E-state index in [0.29, 0.717) is 51.9 Å². The molecule has 27 nitrogen and oxygen atoms in total.